The first kappa shape index (κ1) is 21.1. The molecule has 1 saturated heterocycles. The number of rotatable bonds is 9. The van der Waals surface area contributed by atoms with E-state index in [2.05, 4.69) is 44.7 Å². The number of carbonyl (C=O) groups is 2. The number of hydrogen-bond acceptors (Lipinski definition) is 8. The van der Waals surface area contributed by atoms with Crippen molar-refractivity contribution in [1.82, 2.24) is 20.4 Å². The Hall–Kier alpha value is -1.62. The summed E-state index contributed by atoms with van der Waals surface area (Å²) in [5, 5.41) is 11.0. The predicted molar refractivity (Wildman–Crippen MR) is 113 cm³/mol. The number of nitrogens with two attached hydrogens (primary N) is 1. The molecule has 3 rings (SSSR count). The summed E-state index contributed by atoms with van der Waals surface area (Å²) in [6, 6.07) is 10.6. The lowest BCUT2D eigenvalue weighted by atomic mass is 10.2. The van der Waals surface area contributed by atoms with Crippen molar-refractivity contribution in [2.75, 3.05) is 18.8 Å². The molecule has 150 valence electrons. The summed E-state index contributed by atoms with van der Waals surface area (Å²) < 4.78 is 1.40. The maximum absolute atomic E-state index is 12.5. The highest BCUT2D eigenvalue weighted by atomic mass is 32.2. The number of carbonyl (C=O) groups excluding carboxylic acids is 2. The Morgan fingerprint density at radius 2 is 2.07 bits per heavy atom. The van der Waals surface area contributed by atoms with Crippen LogP contribution >= 0.6 is 34.9 Å². The highest BCUT2D eigenvalue weighted by Crippen LogP contribution is 2.31. The fraction of sp³-hybridized carbons (Fsp3) is 0.444. The minimum atomic E-state index is -0.389. The normalized spacial score (nSPS) is 18.1. The SMILES string of the molecule is C[C@H](Sc1nnc(SCC(N)=O)s1)C(=O)N[C@H]1CCN(Cc2ccccc2)C1. The van der Waals surface area contributed by atoms with Crippen LogP contribution < -0.4 is 11.1 Å². The fourth-order valence-corrected chi connectivity index (χ4v) is 5.81. The summed E-state index contributed by atoms with van der Waals surface area (Å²) in [5.74, 6) is -0.200. The molecule has 0 bridgehead atoms. The largest absolute Gasteiger partial charge is 0.369 e. The van der Waals surface area contributed by atoms with Gasteiger partial charge in [-0.05, 0) is 18.9 Å². The van der Waals surface area contributed by atoms with Gasteiger partial charge >= 0.3 is 0 Å². The van der Waals surface area contributed by atoms with Gasteiger partial charge in [-0.1, -0.05) is 65.2 Å². The highest BCUT2D eigenvalue weighted by Gasteiger charge is 2.26. The summed E-state index contributed by atoms with van der Waals surface area (Å²) in [4.78, 5) is 25.7. The maximum atomic E-state index is 12.5. The van der Waals surface area contributed by atoms with Crippen LogP contribution in [0.5, 0.6) is 0 Å². The van der Waals surface area contributed by atoms with Gasteiger partial charge in [0.05, 0.1) is 11.0 Å². The number of amides is 2. The summed E-state index contributed by atoms with van der Waals surface area (Å²) in [5.41, 5.74) is 6.42. The average Bonchev–Trinajstić information content (AvgIpc) is 3.30. The topological polar surface area (TPSA) is 101 Å². The molecule has 2 atom stereocenters. The quantitative estimate of drug-likeness (QED) is 0.579. The Morgan fingerprint density at radius 3 is 2.82 bits per heavy atom. The van der Waals surface area contributed by atoms with E-state index in [9.17, 15) is 9.59 Å². The Labute approximate surface area is 176 Å². The van der Waals surface area contributed by atoms with Gasteiger partial charge in [0.2, 0.25) is 11.8 Å². The molecule has 1 fully saturated rings. The molecular weight excluding hydrogens is 414 g/mol. The molecule has 0 saturated carbocycles. The van der Waals surface area contributed by atoms with Crippen LogP contribution in [-0.4, -0.2) is 57.0 Å². The van der Waals surface area contributed by atoms with Gasteiger partial charge in [0, 0.05) is 25.7 Å². The molecule has 1 aromatic heterocycles. The second kappa shape index (κ2) is 10.2. The van der Waals surface area contributed by atoms with Gasteiger partial charge in [0.25, 0.3) is 0 Å². The number of nitrogens with one attached hydrogen (secondary N) is 1. The molecule has 0 unspecified atom stereocenters. The smallest absolute Gasteiger partial charge is 0.233 e. The lowest BCUT2D eigenvalue weighted by Gasteiger charge is -2.18. The van der Waals surface area contributed by atoms with Crippen LogP contribution in [0.15, 0.2) is 39.0 Å². The predicted octanol–water partition coefficient (Wildman–Crippen LogP) is 1.99. The highest BCUT2D eigenvalue weighted by molar-refractivity contribution is 8.04. The summed E-state index contributed by atoms with van der Waals surface area (Å²) in [6.07, 6.45) is 0.961. The first-order valence-corrected chi connectivity index (χ1v) is 11.7. The minimum Gasteiger partial charge on any atom is -0.369 e. The van der Waals surface area contributed by atoms with Crippen LogP contribution in [-0.2, 0) is 16.1 Å². The van der Waals surface area contributed by atoms with Gasteiger partial charge in [-0.15, -0.1) is 10.2 Å². The van der Waals surface area contributed by atoms with Crippen molar-refractivity contribution in [2.45, 2.75) is 39.9 Å². The zero-order chi connectivity index (χ0) is 19.9. The van der Waals surface area contributed by atoms with Gasteiger partial charge in [-0.3, -0.25) is 14.5 Å². The minimum absolute atomic E-state index is 0.0121. The molecule has 0 radical (unpaired) electrons. The van der Waals surface area contributed by atoms with Crippen molar-refractivity contribution in [2.24, 2.45) is 5.73 Å². The number of likely N-dealkylation sites (tertiary alicyclic amines) is 1. The number of aromatic nitrogens is 2. The monoisotopic (exact) mass is 437 g/mol. The molecule has 1 aromatic carbocycles. The van der Waals surface area contributed by atoms with Crippen molar-refractivity contribution in [1.29, 1.82) is 0 Å². The summed E-state index contributed by atoms with van der Waals surface area (Å²) >= 11 is 4.02. The van der Waals surface area contributed by atoms with Crippen molar-refractivity contribution in [3.63, 3.8) is 0 Å². The zero-order valence-corrected chi connectivity index (χ0v) is 18.0. The van der Waals surface area contributed by atoms with Crippen LogP contribution in [0.2, 0.25) is 0 Å². The second-order valence-electron chi connectivity index (χ2n) is 6.56. The second-order valence-corrected chi connectivity index (χ2v) is 10.4. The van der Waals surface area contributed by atoms with E-state index in [1.807, 2.05) is 13.0 Å². The third-order valence-corrected chi connectivity index (χ3v) is 7.50. The maximum Gasteiger partial charge on any atom is 0.233 e. The molecular formula is C18H23N5O2S3. The van der Waals surface area contributed by atoms with E-state index in [0.717, 1.165) is 26.1 Å². The van der Waals surface area contributed by atoms with E-state index in [4.69, 9.17) is 5.73 Å². The first-order valence-electron chi connectivity index (χ1n) is 8.97. The van der Waals surface area contributed by atoms with Gasteiger partial charge in [-0.2, -0.15) is 0 Å². The van der Waals surface area contributed by atoms with E-state index in [1.165, 1.54) is 40.4 Å². The summed E-state index contributed by atoms with van der Waals surface area (Å²) in [6.45, 7) is 4.63. The standard InChI is InChI=1S/C18H23N5O2S3/c1-12(27-18-22-21-17(28-18)26-11-15(19)24)16(25)20-14-7-8-23(10-14)9-13-5-3-2-4-6-13/h2-6,12,14H,7-11H2,1H3,(H2,19,24)(H,20,25)/t12-,14-/m0/s1. The molecule has 0 aliphatic carbocycles. The first-order chi connectivity index (χ1) is 13.5. The Bertz CT molecular complexity index is 802. The van der Waals surface area contributed by atoms with Gasteiger partial charge < -0.3 is 11.1 Å². The molecule has 10 heteroatoms. The summed E-state index contributed by atoms with van der Waals surface area (Å²) in [7, 11) is 0. The van der Waals surface area contributed by atoms with Crippen LogP contribution in [0.4, 0.5) is 0 Å². The lowest BCUT2D eigenvalue weighted by molar-refractivity contribution is -0.121. The number of hydrogen-bond donors (Lipinski definition) is 2. The Balaban J connectivity index is 1.42. The van der Waals surface area contributed by atoms with E-state index < -0.39 is 0 Å². The molecule has 3 N–H and O–H groups in total. The van der Waals surface area contributed by atoms with Gasteiger partial charge in [-0.25, -0.2) is 0 Å². The third kappa shape index (κ3) is 6.47. The van der Waals surface area contributed by atoms with Crippen molar-refractivity contribution in [3.05, 3.63) is 35.9 Å². The number of thioether (sulfide) groups is 2. The van der Waals surface area contributed by atoms with Crippen molar-refractivity contribution in [3.8, 4) is 0 Å². The van der Waals surface area contributed by atoms with Crippen molar-refractivity contribution < 1.29 is 9.59 Å². The molecule has 1 aliphatic heterocycles. The third-order valence-electron chi connectivity index (χ3n) is 4.24. The van der Waals surface area contributed by atoms with E-state index >= 15 is 0 Å². The Kier molecular flexibility index (Phi) is 7.72. The Morgan fingerprint density at radius 1 is 1.32 bits per heavy atom. The molecule has 7 nitrogen and oxygen atoms in total. The molecule has 2 heterocycles. The molecule has 28 heavy (non-hydrogen) atoms. The fourth-order valence-electron chi connectivity index (χ4n) is 2.89. The number of primary amides is 1. The van der Waals surface area contributed by atoms with E-state index in [0.29, 0.717) is 8.68 Å². The van der Waals surface area contributed by atoms with Gasteiger partial charge in [0.1, 0.15) is 0 Å². The number of nitrogens with zero attached hydrogens (tertiary/aromatic N) is 3. The molecule has 1 aliphatic rings. The van der Waals surface area contributed by atoms with Crippen LogP contribution in [0.1, 0.15) is 18.9 Å². The van der Waals surface area contributed by atoms with Crippen LogP contribution in [0, 0.1) is 0 Å². The van der Waals surface area contributed by atoms with Gasteiger partial charge in [0.15, 0.2) is 8.68 Å². The zero-order valence-electron chi connectivity index (χ0n) is 15.5. The van der Waals surface area contributed by atoms with Crippen LogP contribution in [0.3, 0.4) is 0 Å². The number of benzene rings is 1. The van der Waals surface area contributed by atoms with Crippen molar-refractivity contribution >= 4 is 46.7 Å². The lowest BCUT2D eigenvalue weighted by Crippen LogP contribution is -2.40. The molecule has 2 amide bonds. The van der Waals surface area contributed by atoms with E-state index in [1.54, 1.807) is 0 Å². The molecule has 0 spiro atoms. The van der Waals surface area contributed by atoms with E-state index in [-0.39, 0.29) is 28.9 Å². The molecule has 2 aromatic rings. The van der Waals surface area contributed by atoms with Crippen LogP contribution in [0.25, 0.3) is 0 Å². The average molecular weight is 438 g/mol.